The molecule has 0 aliphatic carbocycles. The molecule has 0 bridgehead atoms. The lowest BCUT2D eigenvalue weighted by Crippen LogP contribution is -2.56. The van der Waals surface area contributed by atoms with Crippen LogP contribution in [0.5, 0.6) is 0 Å². The summed E-state index contributed by atoms with van der Waals surface area (Å²) >= 11 is 0. The predicted octanol–water partition coefficient (Wildman–Crippen LogP) is -0.138. The number of nitrogens with zero attached hydrogens (tertiary/aromatic N) is 1. The summed E-state index contributed by atoms with van der Waals surface area (Å²) in [4.78, 5) is 13.2. The van der Waals surface area contributed by atoms with Crippen LogP contribution in [0.4, 0.5) is 4.79 Å². The first-order valence-corrected chi connectivity index (χ1v) is 5.67. The maximum absolute atomic E-state index is 11.7. The zero-order chi connectivity index (χ0) is 10.9. The first-order chi connectivity index (χ1) is 7.19. The fourth-order valence-electron chi connectivity index (χ4n) is 2.48. The van der Waals surface area contributed by atoms with Gasteiger partial charge in [-0.25, -0.2) is 4.79 Å². The number of urea groups is 1. The van der Waals surface area contributed by atoms with Crippen molar-refractivity contribution in [1.82, 2.24) is 15.5 Å². The average Bonchev–Trinajstić information content (AvgIpc) is 2.45. The fraction of sp³-hybridized carbons (Fsp3) is 0.900. The van der Waals surface area contributed by atoms with Gasteiger partial charge in [-0.15, -0.1) is 0 Å². The third-order valence-corrected chi connectivity index (χ3v) is 3.37. The van der Waals surface area contributed by atoms with E-state index < -0.39 is 11.8 Å². The lowest BCUT2D eigenvalue weighted by Gasteiger charge is -2.36. The van der Waals surface area contributed by atoms with Crippen LogP contribution in [0.3, 0.4) is 0 Å². The Balaban J connectivity index is 2.12. The molecule has 1 atom stereocenters. The lowest BCUT2D eigenvalue weighted by molar-refractivity contribution is -0.00989. The van der Waals surface area contributed by atoms with Gasteiger partial charge in [-0.3, -0.25) is 4.90 Å². The Labute approximate surface area is 89.8 Å². The number of carbonyl (C=O) groups is 1. The van der Waals surface area contributed by atoms with Gasteiger partial charge >= 0.3 is 6.03 Å². The van der Waals surface area contributed by atoms with Crippen LogP contribution in [0.2, 0.25) is 0 Å². The lowest BCUT2D eigenvalue weighted by atomic mass is 9.87. The van der Waals surface area contributed by atoms with E-state index in [0.29, 0.717) is 6.54 Å². The van der Waals surface area contributed by atoms with E-state index >= 15 is 0 Å². The fourth-order valence-corrected chi connectivity index (χ4v) is 2.48. The molecule has 2 fully saturated rings. The number of aliphatic hydroxyl groups excluding tert-OH is 1. The molecule has 2 rings (SSSR count). The van der Waals surface area contributed by atoms with E-state index in [1.807, 2.05) is 6.92 Å². The summed E-state index contributed by atoms with van der Waals surface area (Å²) in [5.74, 6) is 0. The molecular weight excluding hydrogens is 194 g/mol. The molecule has 2 aliphatic heterocycles. The summed E-state index contributed by atoms with van der Waals surface area (Å²) in [5, 5.41) is 16.4. The van der Waals surface area contributed by atoms with Gasteiger partial charge < -0.3 is 15.7 Å². The molecule has 2 amide bonds. The molecule has 2 saturated heterocycles. The number of carbonyl (C=O) groups excluding carboxylic acids is 1. The van der Waals surface area contributed by atoms with Crippen LogP contribution in [0.1, 0.15) is 26.2 Å². The van der Waals surface area contributed by atoms with Gasteiger partial charge in [-0.1, -0.05) is 6.92 Å². The van der Waals surface area contributed by atoms with Crippen molar-refractivity contribution >= 4 is 6.03 Å². The molecule has 0 saturated carbocycles. The number of aliphatic hydroxyl groups is 1. The van der Waals surface area contributed by atoms with Crippen LogP contribution in [-0.4, -0.2) is 47.4 Å². The van der Waals surface area contributed by atoms with Crippen molar-refractivity contribution in [3.63, 3.8) is 0 Å². The number of rotatable bonds is 2. The molecule has 5 nitrogen and oxygen atoms in total. The highest BCUT2D eigenvalue weighted by Crippen LogP contribution is 2.30. The largest absolute Gasteiger partial charge is 0.371 e. The van der Waals surface area contributed by atoms with Crippen molar-refractivity contribution in [1.29, 1.82) is 0 Å². The quantitative estimate of drug-likeness (QED) is 0.598. The molecule has 0 aromatic carbocycles. The molecule has 1 unspecified atom stereocenters. The second-order valence-electron chi connectivity index (χ2n) is 4.40. The Morgan fingerprint density at radius 1 is 1.53 bits per heavy atom. The van der Waals surface area contributed by atoms with Crippen LogP contribution in [0, 0.1) is 0 Å². The predicted molar refractivity (Wildman–Crippen MR) is 56.4 cm³/mol. The van der Waals surface area contributed by atoms with Crippen LogP contribution in [-0.2, 0) is 0 Å². The van der Waals surface area contributed by atoms with E-state index in [-0.39, 0.29) is 6.03 Å². The third kappa shape index (κ3) is 1.70. The van der Waals surface area contributed by atoms with Gasteiger partial charge in [-0.2, -0.15) is 0 Å². The first-order valence-electron chi connectivity index (χ1n) is 5.67. The molecule has 0 aromatic rings. The van der Waals surface area contributed by atoms with Crippen molar-refractivity contribution in [2.24, 2.45) is 0 Å². The van der Waals surface area contributed by atoms with Crippen molar-refractivity contribution in [3.05, 3.63) is 0 Å². The number of nitrogens with one attached hydrogen (secondary N) is 2. The minimum absolute atomic E-state index is 0.119. The minimum atomic E-state index is -0.660. The summed E-state index contributed by atoms with van der Waals surface area (Å²) in [6.07, 6.45) is 1.83. The number of piperidine rings is 1. The number of amides is 2. The van der Waals surface area contributed by atoms with Crippen molar-refractivity contribution in [3.8, 4) is 0 Å². The molecule has 0 aromatic heterocycles. The third-order valence-electron chi connectivity index (χ3n) is 3.37. The average molecular weight is 213 g/mol. The van der Waals surface area contributed by atoms with E-state index in [0.717, 1.165) is 32.4 Å². The van der Waals surface area contributed by atoms with Gasteiger partial charge in [0.25, 0.3) is 0 Å². The normalized spacial score (nSPS) is 29.6. The van der Waals surface area contributed by atoms with Gasteiger partial charge in [0.2, 0.25) is 0 Å². The molecule has 5 heteroatoms. The number of hydrogen-bond acceptors (Lipinski definition) is 3. The van der Waals surface area contributed by atoms with Crippen molar-refractivity contribution in [2.75, 3.05) is 19.6 Å². The van der Waals surface area contributed by atoms with Crippen molar-refractivity contribution in [2.45, 2.75) is 38.0 Å². The highest BCUT2D eigenvalue weighted by atomic mass is 16.3. The van der Waals surface area contributed by atoms with Gasteiger partial charge in [0.15, 0.2) is 6.23 Å². The Hall–Kier alpha value is -0.810. The molecule has 2 heterocycles. The minimum Gasteiger partial charge on any atom is -0.371 e. The second kappa shape index (κ2) is 3.98. The zero-order valence-electron chi connectivity index (χ0n) is 9.12. The Morgan fingerprint density at radius 3 is 2.80 bits per heavy atom. The first kappa shape index (κ1) is 10.7. The van der Waals surface area contributed by atoms with Crippen LogP contribution in [0.25, 0.3) is 0 Å². The summed E-state index contributed by atoms with van der Waals surface area (Å²) in [6.45, 7) is 4.35. The van der Waals surface area contributed by atoms with Gasteiger partial charge in [0.05, 0.1) is 5.54 Å². The maximum atomic E-state index is 11.7. The standard InChI is InChI=1S/C10H19N3O2/c1-2-7-13-8(14)10(12-9(13)15)3-5-11-6-4-10/h8,11,14H,2-7H2,1H3,(H,12,15). The van der Waals surface area contributed by atoms with E-state index in [2.05, 4.69) is 10.6 Å². The Morgan fingerprint density at radius 2 is 2.20 bits per heavy atom. The number of hydrogen-bond donors (Lipinski definition) is 3. The summed E-state index contributed by atoms with van der Waals surface area (Å²) < 4.78 is 0. The highest BCUT2D eigenvalue weighted by molar-refractivity contribution is 5.78. The van der Waals surface area contributed by atoms with E-state index in [1.165, 1.54) is 0 Å². The molecule has 86 valence electrons. The smallest absolute Gasteiger partial charge is 0.320 e. The molecule has 2 aliphatic rings. The molecule has 1 spiro atoms. The maximum Gasteiger partial charge on any atom is 0.320 e. The van der Waals surface area contributed by atoms with Gasteiger partial charge in [0, 0.05) is 6.54 Å². The molecule has 15 heavy (non-hydrogen) atoms. The molecular formula is C10H19N3O2. The second-order valence-corrected chi connectivity index (χ2v) is 4.40. The summed E-state index contributed by atoms with van der Waals surface area (Å²) in [7, 11) is 0. The van der Waals surface area contributed by atoms with E-state index in [1.54, 1.807) is 4.90 Å². The van der Waals surface area contributed by atoms with Gasteiger partial charge in [0.1, 0.15) is 0 Å². The summed E-state index contributed by atoms with van der Waals surface area (Å²) in [5.41, 5.74) is -0.405. The van der Waals surface area contributed by atoms with Crippen LogP contribution < -0.4 is 10.6 Å². The zero-order valence-corrected chi connectivity index (χ0v) is 9.12. The van der Waals surface area contributed by atoms with Gasteiger partial charge in [-0.05, 0) is 32.4 Å². The van der Waals surface area contributed by atoms with Crippen molar-refractivity contribution < 1.29 is 9.90 Å². The Bertz CT molecular complexity index is 251. The SMILES string of the molecule is CCCN1C(=O)NC2(CCNCC2)C1O. The highest BCUT2D eigenvalue weighted by Gasteiger charge is 2.50. The van der Waals surface area contributed by atoms with Crippen LogP contribution in [0.15, 0.2) is 0 Å². The molecule has 0 radical (unpaired) electrons. The van der Waals surface area contributed by atoms with E-state index in [4.69, 9.17) is 0 Å². The monoisotopic (exact) mass is 213 g/mol. The van der Waals surface area contributed by atoms with Crippen LogP contribution >= 0.6 is 0 Å². The summed E-state index contributed by atoms with van der Waals surface area (Å²) in [6, 6.07) is -0.119. The van der Waals surface area contributed by atoms with E-state index in [9.17, 15) is 9.90 Å². The Kier molecular flexibility index (Phi) is 2.84. The topological polar surface area (TPSA) is 64.6 Å². The molecule has 3 N–H and O–H groups in total.